The summed E-state index contributed by atoms with van der Waals surface area (Å²) in [6, 6.07) is 15.3. The molecule has 0 aromatic heterocycles. The highest BCUT2D eigenvalue weighted by Gasteiger charge is 2.40. The molecule has 2 aromatic rings. The average molecular weight is 479 g/mol. The number of β-amino-alcohol motifs (C(OH)–C–C–N with tert-alkyl or cyclic N) is 1. The molecule has 5 rings (SSSR count). The third-order valence-electron chi connectivity index (χ3n) is 7.55. The summed E-state index contributed by atoms with van der Waals surface area (Å²) in [5.74, 6) is -1.27. The number of nitrogens with one attached hydrogen (secondary N) is 1. The van der Waals surface area contributed by atoms with Crippen molar-refractivity contribution in [2.75, 3.05) is 13.2 Å². The van der Waals surface area contributed by atoms with Crippen LogP contribution in [0.15, 0.2) is 48.5 Å². The van der Waals surface area contributed by atoms with Crippen molar-refractivity contribution >= 4 is 18.0 Å². The number of aliphatic carboxylic acids is 1. The van der Waals surface area contributed by atoms with Gasteiger partial charge in [0.15, 0.2) is 0 Å². The number of benzene rings is 2. The molecule has 2 aliphatic carbocycles. The first-order valence-corrected chi connectivity index (χ1v) is 12.2. The summed E-state index contributed by atoms with van der Waals surface area (Å²) in [5.41, 5.74) is 4.67. The number of aliphatic hydroxyl groups excluding tert-OH is 1. The Balaban J connectivity index is 1.12. The molecule has 0 spiro atoms. The molecule has 35 heavy (non-hydrogen) atoms. The molecule has 0 bridgehead atoms. The van der Waals surface area contributed by atoms with Crippen molar-refractivity contribution in [3.05, 3.63) is 59.7 Å². The number of fused-ring (bicyclic) bond motifs is 3. The molecule has 8 heteroatoms. The fourth-order valence-electron chi connectivity index (χ4n) is 5.89. The molecule has 2 amide bonds. The van der Waals surface area contributed by atoms with Crippen LogP contribution in [-0.4, -0.2) is 64.4 Å². The molecule has 1 saturated heterocycles. The van der Waals surface area contributed by atoms with Gasteiger partial charge in [0.25, 0.3) is 0 Å². The van der Waals surface area contributed by atoms with Gasteiger partial charge in [-0.1, -0.05) is 48.5 Å². The minimum Gasteiger partial charge on any atom is -0.480 e. The number of carbonyl (C=O) groups is 3. The zero-order valence-corrected chi connectivity index (χ0v) is 19.4. The topological polar surface area (TPSA) is 116 Å². The fraction of sp³-hybridized carbons (Fsp3) is 0.444. The van der Waals surface area contributed by atoms with E-state index in [1.165, 1.54) is 16.0 Å². The van der Waals surface area contributed by atoms with Crippen molar-refractivity contribution in [1.29, 1.82) is 0 Å². The number of nitrogens with zero attached hydrogens (tertiary/aromatic N) is 1. The molecule has 4 atom stereocenters. The van der Waals surface area contributed by atoms with Crippen molar-refractivity contribution in [2.45, 2.75) is 56.2 Å². The first-order chi connectivity index (χ1) is 16.9. The summed E-state index contributed by atoms with van der Waals surface area (Å²) >= 11 is 0. The van der Waals surface area contributed by atoms with Crippen LogP contribution in [0.4, 0.5) is 4.79 Å². The lowest BCUT2D eigenvalue weighted by molar-refractivity contribution is -0.148. The van der Waals surface area contributed by atoms with Crippen LogP contribution in [0.25, 0.3) is 11.1 Å². The standard InChI is InChI=1S/C27H30N2O6/c30-18-13-24(26(32)33)29(14-18)25(31)12-16-9-10-17(11-16)28-27(34)35-15-23-21-7-3-1-5-19(21)20-6-2-4-8-22(20)23/h1-8,16-18,23-24,30H,9-15H2,(H,28,34)(H,32,33). The Morgan fingerprint density at radius 3 is 2.29 bits per heavy atom. The number of aliphatic hydroxyl groups is 1. The maximum Gasteiger partial charge on any atom is 0.407 e. The molecule has 4 unspecified atom stereocenters. The van der Waals surface area contributed by atoms with Crippen LogP contribution >= 0.6 is 0 Å². The fourth-order valence-corrected chi connectivity index (χ4v) is 5.89. The Kier molecular flexibility index (Phi) is 6.47. The van der Waals surface area contributed by atoms with Crippen LogP contribution in [-0.2, 0) is 14.3 Å². The summed E-state index contributed by atoms with van der Waals surface area (Å²) in [4.78, 5) is 37.9. The summed E-state index contributed by atoms with van der Waals surface area (Å²) in [6.45, 7) is 0.312. The van der Waals surface area contributed by atoms with E-state index in [0.29, 0.717) is 6.42 Å². The highest BCUT2D eigenvalue weighted by atomic mass is 16.5. The van der Waals surface area contributed by atoms with E-state index in [1.54, 1.807) is 0 Å². The molecule has 0 radical (unpaired) electrons. The van der Waals surface area contributed by atoms with Gasteiger partial charge in [0.2, 0.25) is 5.91 Å². The lowest BCUT2D eigenvalue weighted by Gasteiger charge is -2.23. The first kappa shape index (κ1) is 23.4. The molecule has 3 aliphatic rings. The predicted octanol–water partition coefficient (Wildman–Crippen LogP) is 3.13. The second-order valence-electron chi connectivity index (χ2n) is 9.84. The van der Waals surface area contributed by atoms with Gasteiger partial charge in [-0.3, -0.25) is 4.79 Å². The summed E-state index contributed by atoms with van der Waals surface area (Å²) in [6.07, 6.45) is 1.19. The van der Waals surface area contributed by atoms with Gasteiger partial charge in [0.05, 0.1) is 6.10 Å². The van der Waals surface area contributed by atoms with E-state index >= 15 is 0 Å². The van der Waals surface area contributed by atoms with Gasteiger partial charge in [-0.25, -0.2) is 9.59 Å². The minimum atomic E-state index is -1.09. The highest BCUT2D eigenvalue weighted by Crippen LogP contribution is 2.44. The number of carbonyl (C=O) groups excluding carboxylic acids is 2. The molecular formula is C27H30N2O6. The van der Waals surface area contributed by atoms with Crippen molar-refractivity contribution in [3.8, 4) is 11.1 Å². The van der Waals surface area contributed by atoms with Gasteiger partial charge in [0, 0.05) is 31.3 Å². The second-order valence-corrected chi connectivity index (χ2v) is 9.84. The molecule has 3 N–H and O–H groups in total. The normalized spacial score (nSPS) is 25.2. The number of alkyl carbamates (subject to hydrolysis) is 1. The number of amides is 2. The Hall–Kier alpha value is -3.39. The van der Waals surface area contributed by atoms with Gasteiger partial charge < -0.3 is 25.2 Å². The van der Waals surface area contributed by atoms with Gasteiger partial charge in [0.1, 0.15) is 12.6 Å². The third kappa shape index (κ3) is 4.75. The number of hydrogen-bond acceptors (Lipinski definition) is 5. The van der Waals surface area contributed by atoms with Crippen molar-refractivity contribution in [2.24, 2.45) is 5.92 Å². The van der Waals surface area contributed by atoms with Crippen LogP contribution < -0.4 is 5.32 Å². The third-order valence-corrected chi connectivity index (χ3v) is 7.55. The Morgan fingerprint density at radius 1 is 0.971 bits per heavy atom. The van der Waals surface area contributed by atoms with E-state index < -0.39 is 24.2 Å². The Labute approximate surface area is 203 Å². The quantitative estimate of drug-likeness (QED) is 0.588. The predicted molar refractivity (Wildman–Crippen MR) is 128 cm³/mol. The van der Waals surface area contributed by atoms with Gasteiger partial charge in [-0.05, 0) is 47.4 Å². The van der Waals surface area contributed by atoms with Crippen molar-refractivity contribution < 1.29 is 29.3 Å². The lowest BCUT2D eigenvalue weighted by atomic mass is 9.98. The summed E-state index contributed by atoms with van der Waals surface area (Å²) < 4.78 is 5.63. The van der Waals surface area contributed by atoms with Gasteiger partial charge in [-0.2, -0.15) is 0 Å². The second kappa shape index (κ2) is 9.70. The van der Waals surface area contributed by atoms with E-state index in [9.17, 15) is 24.6 Å². The molecule has 1 aliphatic heterocycles. The lowest BCUT2D eigenvalue weighted by Crippen LogP contribution is -2.41. The van der Waals surface area contributed by atoms with Gasteiger partial charge in [-0.15, -0.1) is 0 Å². The monoisotopic (exact) mass is 478 g/mol. The van der Waals surface area contributed by atoms with E-state index in [0.717, 1.165) is 24.0 Å². The smallest absolute Gasteiger partial charge is 0.407 e. The van der Waals surface area contributed by atoms with Crippen LogP contribution in [0, 0.1) is 5.92 Å². The van der Waals surface area contributed by atoms with E-state index in [-0.39, 0.29) is 49.8 Å². The zero-order valence-electron chi connectivity index (χ0n) is 19.4. The highest BCUT2D eigenvalue weighted by molar-refractivity contribution is 5.84. The number of ether oxygens (including phenoxy) is 1. The molecule has 1 heterocycles. The Morgan fingerprint density at radius 2 is 1.63 bits per heavy atom. The number of carboxylic acid groups (broad SMARTS) is 1. The van der Waals surface area contributed by atoms with Crippen molar-refractivity contribution in [3.63, 3.8) is 0 Å². The van der Waals surface area contributed by atoms with E-state index in [2.05, 4.69) is 29.6 Å². The molecule has 2 fully saturated rings. The molecule has 1 saturated carbocycles. The number of likely N-dealkylation sites (tertiary alicyclic amines) is 1. The molecule has 8 nitrogen and oxygen atoms in total. The first-order valence-electron chi connectivity index (χ1n) is 12.2. The summed E-state index contributed by atoms with van der Waals surface area (Å²) in [7, 11) is 0. The van der Waals surface area contributed by atoms with Crippen molar-refractivity contribution in [1.82, 2.24) is 10.2 Å². The molecular weight excluding hydrogens is 448 g/mol. The average Bonchev–Trinajstić information content (AvgIpc) is 3.53. The van der Waals surface area contributed by atoms with E-state index in [4.69, 9.17) is 4.74 Å². The van der Waals surface area contributed by atoms with Crippen LogP contribution in [0.5, 0.6) is 0 Å². The number of rotatable bonds is 6. The van der Waals surface area contributed by atoms with Crippen LogP contribution in [0.2, 0.25) is 0 Å². The SMILES string of the molecule is O=C(NC1CCC(CC(=O)N2CC(O)CC2C(=O)O)C1)OCC1c2ccccc2-c2ccccc21. The van der Waals surface area contributed by atoms with Crippen LogP contribution in [0.1, 0.15) is 49.1 Å². The number of hydrogen-bond donors (Lipinski definition) is 3. The summed E-state index contributed by atoms with van der Waals surface area (Å²) in [5, 5.41) is 22.0. The Bertz CT molecular complexity index is 1090. The number of carboxylic acids is 1. The maximum atomic E-state index is 12.7. The van der Waals surface area contributed by atoms with Gasteiger partial charge >= 0.3 is 12.1 Å². The molecule has 184 valence electrons. The largest absolute Gasteiger partial charge is 0.480 e. The maximum absolute atomic E-state index is 12.7. The molecule has 2 aromatic carbocycles. The minimum absolute atomic E-state index is 0.0000843. The zero-order chi connectivity index (χ0) is 24.5. The van der Waals surface area contributed by atoms with Crippen LogP contribution in [0.3, 0.4) is 0 Å². The van der Waals surface area contributed by atoms with E-state index in [1.807, 2.05) is 24.3 Å².